The number of allylic oxidation sites excluding steroid dienone is 2. The molecule has 1 aromatic rings. The van der Waals surface area contributed by atoms with Gasteiger partial charge < -0.3 is 0 Å². The maximum absolute atomic E-state index is 9.21. The Morgan fingerprint density at radius 2 is 1.52 bits per heavy atom. The first kappa shape index (κ1) is 16.5. The zero-order chi connectivity index (χ0) is 16.1. The van der Waals surface area contributed by atoms with Crippen molar-refractivity contribution in [3.8, 4) is 18.2 Å². The fraction of sp³-hybridized carbons (Fsp3) is 0.389. The first-order valence-corrected chi connectivity index (χ1v) is 6.77. The van der Waals surface area contributed by atoms with Gasteiger partial charge in [0.1, 0.15) is 5.92 Å². The van der Waals surface area contributed by atoms with Crippen molar-refractivity contribution in [2.45, 2.75) is 33.1 Å². The second-order valence-electron chi connectivity index (χ2n) is 6.22. The smallest absolute Gasteiger partial charge is 0.141 e. The molecule has 0 aliphatic heterocycles. The van der Waals surface area contributed by atoms with E-state index in [-0.39, 0.29) is 5.41 Å². The third-order valence-corrected chi connectivity index (χ3v) is 3.67. The van der Waals surface area contributed by atoms with Gasteiger partial charge in [0.25, 0.3) is 0 Å². The van der Waals surface area contributed by atoms with Gasteiger partial charge in [-0.2, -0.15) is 15.8 Å². The summed E-state index contributed by atoms with van der Waals surface area (Å²) in [6.45, 7) is 7.77. The zero-order valence-electron chi connectivity index (χ0n) is 12.9. The van der Waals surface area contributed by atoms with Crippen LogP contribution in [0.5, 0.6) is 0 Å². The van der Waals surface area contributed by atoms with Crippen LogP contribution in [0.15, 0.2) is 36.4 Å². The van der Waals surface area contributed by atoms with Gasteiger partial charge in [-0.1, -0.05) is 58.0 Å². The van der Waals surface area contributed by atoms with Gasteiger partial charge in [0.05, 0.1) is 23.8 Å². The topological polar surface area (TPSA) is 71.4 Å². The maximum atomic E-state index is 9.21. The average molecular weight is 277 g/mol. The lowest BCUT2D eigenvalue weighted by Gasteiger charge is -2.26. The summed E-state index contributed by atoms with van der Waals surface area (Å²) < 4.78 is 0. The lowest BCUT2D eigenvalue weighted by molar-refractivity contribution is 0.412. The molecular formula is C18H19N3. The van der Waals surface area contributed by atoms with E-state index in [1.54, 1.807) is 6.07 Å². The molecule has 0 radical (unpaired) electrons. The molecule has 0 bridgehead atoms. The SMILES string of the molecule is CC(C)(/C=C/C(C)(C)C(C#N)C#N)c1ccccc1C#N. The highest BCUT2D eigenvalue weighted by molar-refractivity contribution is 5.44. The Hall–Kier alpha value is -2.57. The molecule has 3 nitrogen and oxygen atoms in total. The summed E-state index contributed by atoms with van der Waals surface area (Å²) in [6, 6.07) is 13.7. The van der Waals surface area contributed by atoms with Crippen LogP contribution in [0.3, 0.4) is 0 Å². The molecule has 0 heterocycles. The maximum Gasteiger partial charge on any atom is 0.141 e. The Morgan fingerprint density at radius 3 is 2.05 bits per heavy atom. The van der Waals surface area contributed by atoms with Crippen molar-refractivity contribution in [2.24, 2.45) is 11.3 Å². The quantitative estimate of drug-likeness (QED) is 0.778. The molecule has 1 rings (SSSR count). The number of rotatable bonds is 4. The average Bonchev–Trinajstić information content (AvgIpc) is 2.46. The van der Waals surface area contributed by atoms with Crippen molar-refractivity contribution in [2.75, 3.05) is 0 Å². The second kappa shape index (κ2) is 6.25. The van der Waals surface area contributed by atoms with Crippen LogP contribution in [0.25, 0.3) is 0 Å². The van der Waals surface area contributed by atoms with E-state index in [2.05, 4.69) is 6.07 Å². The summed E-state index contributed by atoms with van der Waals surface area (Å²) in [5.41, 5.74) is 0.689. The fourth-order valence-corrected chi connectivity index (χ4v) is 2.11. The summed E-state index contributed by atoms with van der Waals surface area (Å²) in [7, 11) is 0. The van der Waals surface area contributed by atoms with Crippen LogP contribution >= 0.6 is 0 Å². The van der Waals surface area contributed by atoms with Gasteiger partial charge in [0.15, 0.2) is 0 Å². The molecule has 0 aromatic heterocycles. The predicted octanol–water partition coefficient (Wildman–Crippen LogP) is 4.08. The van der Waals surface area contributed by atoms with Crippen molar-refractivity contribution in [1.82, 2.24) is 0 Å². The number of nitrogens with zero attached hydrogens (tertiary/aromatic N) is 3. The molecule has 0 N–H and O–H groups in total. The molecule has 0 spiro atoms. The molecule has 0 saturated heterocycles. The van der Waals surface area contributed by atoms with E-state index in [0.717, 1.165) is 5.56 Å². The van der Waals surface area contributed by atoms with Crippen LogP contribution in [0.2, 0.25) is 0 Å². The Kier molecular flexibility index (Phi) is 4.91. The van der Waals surface area contributed by atoms with E-state index in [1.807, 2.05) is 70.2 Å². The minimum atomic E-state index is -0.698. The second-order valence-corrected chi connectivity index (χ2v) is 6.22. The highest BCUT2D eigenvalue weighted by Gasteiger charge is 2.28. The molecular weight excluding hydrogens is 258 g/mol. The van der Waals surface area contributed by atoms with Gasteiger partial charge in [-0.15, -0.1) is 0 Å². The number of nitriles is 3. The standard InChI is InChI=1S/C18H19N3/c1-17(2,15(12-20)13-21)9-10-18(3,4)16-8-6-5-7-14(16)11-19/h5-10,15H,1-4H3/b10-9+. The van der Waals surface area contributed by atoms with E-state index in [0.29, 0.717) is 5.56 Å². The summed E-state index contributed by atoms with van der Waals surface area (Å²) in [6.07, 6.45) is 3.88. The Balaban J connectivity index is 3.17. The van der Waals surface area contributed by atoms with Crippen molar-refractivity contribution in [1.29, 1.82) is 15.8 Å². The number of hydrogen-bond donors (Lipinski definition) is 0. The largest absolute Gasteiger partial charge is 0.197 e. The first-order valence-electron chi connectivity index (χ1n) is 6.77. The van der Waals surface area contributed by atoms with Crippen LogP contribution in [-0.2, 0) is 5.41 Å². The van der Waals surface area contributed by atoms with Gasteiger partial charge in [0.2, 0.25) is 0 Å². The summed E-state index contributed by atoms with van der Waals surface area (Å²) in [5, 5.41) is 27.3. The number of hydrogen-bond acceptors (Lipinski definition) is 3. The molecule has 1 aromatic carbocycles. The third kappa shape index (κ3) is 3.71. The van der Waals surface area contributed by atoms with E-state index in [1.165, 1.54) is 0 Å². The molecule has 106 valence electrons. The molecule has 0 aliphatic carbocycles. The zero-order valence-corrected chi connectivity index (χ0v) is 12.9. The number of benzene rings is 1. The van der Waals surface area contributed by atoms with Crippen LogP contribution < -0.4 is 0 Å². The minimum absolute atomic E-state index is 0.348. The molecule has 21 heavy (non-hydrogen) atoms. The highest BCUT2D eigenvalue weighted by Crippen LogP contribution is 2.33. The molecule has 3 heteroatoms. The molecule has 0 saturated carbocycles. The first-order chi connectivity index (χ1) is 9.78. The molecule has 0 unspecified atom stereocenters. The van der Waals surface area contributed by atoms with Crippen molar-refractivity contribution in [3.05, 3.63) is 47.5 Å². The van der Waals surface area contributed by atoms with E-state index >= 15 is 0 Å². The Morgan fingerprint density at radius 1 is 0.952 bits per heavy atom. The predicted molar refractivity (Wildman–Crippen MR) is 81.8 cm³/mol. The lowest BCUT2D eigenvalue weighted by Crippen LogP contribution is -2.22. The van der Waals surface area contributed by atoms with Gasteiger partial charge >= 0.3 is 0 Å². The summed E-state index contributed by atoms with van der Waals surface area (Å²) >= 11 is 0. The summed E-state index contributed by atoms with van der Waals surface area (Å²) in [4.78, 5) is 0. The summed E-state index contributed by atoms with van der Waals surface area (Å²) in [5.74, 6) is -0.698. The third-order valence-electron chi connectivity index (χ3n) is 3.67. The van der Waals surface area contributed by atoms with E-state index in [9.17, 15) is 5.26 Å². The highest BCUT2D eigenvalue weighted by atomic mass is 14.4. The van der Waals surface area contributed by atoms with Gasteiger partial charge in [-0.3, -0.25) is 0 Å². The molecule has 0 aliphatic rings. The lowest BCUT2D eigenvalue weighted by atomic mass is 9.76. The van der Waals surface area contributed by atoms with Gasteiger partial charge in [0, 0.05) is 10.8 Å². The Bertz CT molecular complexity index is 647. The van der Waals surface area contributed by atoms with Crippen LogP contribution in [0.4, 0.5) is 0 Å². The minimum Gasteiger partial charge on any atom is -0.197 e. The van der Waals surface area contributed by atoms with Crippen molar-refractivity contribution >= 4 is 0 Å². The molecule has 0 fully saturated rings. The molecule has 0 amide bonds. The van der Waals surface area contributed by atoms with Crippen LogP contribution in [-0.4, -0.2) is 0 Å². The monoisotopic (exact) mass is 277 g/mol. The van der Waals surface area contributed by atoms with Crippen LogP contribution in [0, 0.1) is 45.3 Å². The normalized spacial score (nSPS) is 11.9. The molecule has 0 atom stereocenters. The van der Waals surface area contributed by atoms with Crippen LogP contribution in [0.1, 0.15) is 38.8 Å². The van der Waals surface area contributed by atoms with E-state index in [4.69, 9.17) is 10.5 Å². The van der Waals surface area contributed by atoms with Gasteiger partial charge in [-0.25, -0.2) is 0 Å². The van der Waals surface area contributed by atoms with E-state index < -0.39 is 11.3 Å². The van der Waals surface area contributed by atoms with Crippen molar-refractivity contribution < 1.29 is 0 Å². The van der Waals surface area contributed by atoms with Gasteiger partial charge in [-0.05, 0) is 11.6 Å². The van der Waals surface area contributed by atoms with Crippen molar-refractivity contribution in [3.63, 3.8) is 0 Å². The fourth-order valence-electron chi connectivity index (χ4n) is 2.11. The Labute approximate surface area is 126 Å².